The molecule has 2 amide bonds. The second-order valence-electron chi connectivity index (χ2n) is 7.73. The normalized spacial score (nSPS) is 18.8. The Kier molecular flexibility index (Phi) is 6.03. The monoisotopic (exact) mass is 425 g/mol. The number of benzene rings is 1. The first-order valence-corrected chi connectivity index (χ1v) is 10.4. The summed E-state index contributed by atoms with van der Waals surface area (Å²) in [6, 6.07) is 5.29. The molecule has 1 aromatic carbocycles. The third kappa shape index (κ3) is 4.18. The van der Waals surface area contributed by atoms with Crippen molar-refractivity contribution in [2.75, 3.05) is 44.9 Å². The van der Waals surface area contributed by atoms with Crippen LogP contribution in [0.15, 0.2) is 24.4 Å². The van der Waals surface area contributed by atoms with E-state index in [2.05, 4.69) is 14.9 Å². The summed E-state index contributed by atoms with van der Waals surface area (Å²) in [5.74, 6) is 0.643. The molecule has 0 unspecified atom stereocenters. The lowest BCUT2D eigenvalue weighted by Crippen LogP contribution is -2.37. The van der Waals surface area contributed by atoms with Gasteiger partial charge in [-0.25, -0.2) is 9.97 Å². The van der Waals surface area contributed by atoms with Crippen molar-refractivity contribution in [3.8, 4) is 5.75 Å². The van der Waals surface area contributed by atoms with Crippen LogP contribution in [0.2, 0.25) is 0 Å². The van der Waals surface area contributed by atoms with Gasteiger partial charge >= 0.3 is 0 Å². The molecule has 2 aliphatic rings. The number of methoxy groups -OCH3 is 1. The number of morpholine rings is 1. The minimum Gasteiger partial charge on any atom is -0.495 e. The fraction of sp³-hybridized carbons (Fsp3) is 0.455. The Morgan fingerprint density at radius 1 is 1.23 bits per heavy atom. The highest BCUT2D eigenvalue weighted by atomic mass is 16.5. The van der Waals surface area contributed by atoms with Gasteiger partial charge in [0.25, 0.3) is 11.8 Å². The van der Waals surface area contributed by atoms with Crippen molar-refractivity contribution in [3.63, 3.8) is 0 Å². The third-order valence-electron chi connectivity index (χ3n) is 5.85. The highest BCUT2D eigenvalue weighted by Crippen LogP contribution is 2.34. The minimum absolute atomic E-state index is 0.0695. The third-order valence-corrected chi connectivity index (χ3v) is 5.85. The van der Waals surface area contributed by atoms with Gasteiger partial charge in [-0.3, -0.25) is 9.59 Å². The van der Waals surface area contributed by atoms with Crippen LogP contribution in [0, 0.1) is 6.92 Å². The average Bonchev–Trinajstić information content (AvgIpc) is 3.28. The number of hydrogen-bond donors (Lipinski definition) is 1. The molecule has 0 spiro atoms. The quantitative estimate of drug-likeness (QED) is 0.776. The average molecular weight is 425 g/mol. The van der Waals surface area contributed by atoms with Crippen LogP contribution in [-0.2, 0) is 4.74 Å². The van der Waals surface area contributed by atoms with Gasteiger partial charge in [-0.05, 0) is 38.0 Å². The largest absolute Gasteiger partial charge is 0.495 e. The molecule has 2 fully saturated rings. The predicted octanol–water partition coefficient (Wildman–Crippen LogP) is 1.71. The maximum absolute atomic E-state index is 13.4. The first-order chi connectivity index (χ1) is 15.0. The molecule has 0 radical (unpaired) electrons. The summed E-state index contributed by atoms with van der Waals surface area (Å²) in [6.45, 7) is 5.15. The number of nitrogens with zero attached hydrogens (tertiary/aromatic N) is 4. The van der Waals surface area contributed by atoms with Crippen molar-refractivity contribution in [1.29, 1.82) is 0 Å². The highest BCUT2D eigenvalue weighted by Gasteiger charge is 2.33. The van der Waals surface area contributed by atoms with Gasteiger partial charge in [0.15, 0.2) is 5.82 Å². The number of likely N-dealkylation sites (tertiary alicyclic amines) is 1. The highest BCUT2D eigenvalue weighted by molar-refractivity contribution is 5.96. The predicted molar refractivity (Wildman–Crippen MR) is 114 cm³/mol. The van der Waals surface area contributed by atoms with E-state index >= 15 is 0 Å². The number of carbonyl (C=O) groups is 2. The Hall–Kier alpha value is -3.20. The first-order valence-electron chi connectivity index (χ1n) is 10.4. The van der Waals surface area contributed by atoms with E-state index in [1.807, 2.05) is 17.0 Å². The number of nitrogens with two attached hydrogens (primary N) is 1. The molecule has 31 heavy (non-hydrogen) atoms. The zero-order valence-electron chi connectivity index (χ0n) is 17.8. The summed E-state index contributed by atoms with van der Waals surface area (Å²) in [6.07, 6.45) is 3.08. The summed E-state index contributed by atoms with van der Waals surface area (Å²) in [7, 11) is 1.63. The molecule has 0 aliphatic carbocycles. The van der Waals surface area contributed by atoms with Gasteiger partial charge in [0.2, 0.25) is 0 Å². The lowest BCUT2D eigenvalue weighted by Gasteiger charge is -2.31. The lowest BCUT2D eigenvalue weighted by molar-refractivity contribution is 0.0729. The van der Waals surface area contributed by atoms with E-state index in [4.69, 9.17) is 15.2 Å². The Balaban J connectivity index is 1.61. The summed E-state index contributed by atoms with van der Waals surface area (Å²) in [4.78, 5) is 37.7. The molecule has 2 aliphatic heterocycles. The van der Waals surface area contributed by atoms with E-state index in [1.54, 1.807) is 20.1 Å². The molecular weight excluding hydrogens is 398 g/mol. The van der Waals surface area contributed by atoms with Crippen LogP contribution >= 0.6 is 0 Å². The Labute approximate surface area is 181 Å². The van der Waals surface area contributed by atoms with Crippen LogP contribution in [-0.4, -0.2) is 66.6 Å². The number of rotatable bonds is 5. The molecule has 0 saturated carbocycles. The fourth-order valence-electron chi connectivity index (χ4n) is 4.21. The maximum atomic E-state index is 13.4. The Morgan fingerprint density at radius 2 is 2.00 bits per heavy atom. The minimum atomic E-state index is -0.558. The SMILES string of the molecule is COc1ccc(C(=O)N2CCC[C@H]2c2ncc(C(N)=O)c(C)n2)cc1N1CCOCC1. The van der Waals surface area contributed by atoms with Crippen LogP contribution in [0.3, 0.4) is 0 Å². The van der Waals surface area contributed by atoms with Crippen molar-refractivity contribution in [1.82, 2.24) is 14.9 Å². The number of anilines is 1. The van der Waals surface area contributed by atoms with Crippen molar-refractivity contribution < 1.29 is 19.1 Å². The molecule has 2 saturated heterocycles. The molecule has 2 aromatic rings. The number of carbonyl (C=O) groups excluding carboxylic acids is 2. The second-order valence-corrected chi connectivity index (χ2v) is 7.73. The fourth-order valence-corrected chi connectivity index (χ4v) is 4.21. The second kappa shape index (κ2) is 8.89. The lowest BCUT2D eigenvalue weighted by atomic mass is 10.1. The van der Waals surface area contributed by atoms with Gasteiger partial charge in [0, 0.05) is 31.4 Å². The molecule has 9 heteroatoms. The first kappa shape index (κ1) is 21.0. The Morgan fingerprint density at radius 3 is 2.68 bits per heavy atom. The van der Waals surface area contributed by atoms with Crippen molar-refractivity contribution >= 4 is 17.5 Å². The van der Waals surface area contributed by atoms with Gasteiger partial charge in [-0.1, -0.05) is 0 Å². The maximum Gasteiger partial charge on any atom is 0.254 e. The molecular formula is C22H27N5O4. The molecule has 2 N–H and O–H groups in total. The van der Waals surface area contributed by atoms with E-state index in [1.165, 1.54) is 6.20 Å². The van der Waals surface area contributed by atoms with E-state index in [-0.39, 0.29) is 11.9 Å². The molecule has 9 nitrogen and oxygen atoms in total. The van der Waals surface area contributed by atoms with E-state index in [0.717, 1.165) is 37.4 Å². The van der Waals surface area contributed by atoms with Gasteiger partial charge in [0.1, 0.15) is 5.75 Å². The summed E-state index contributed by atoms with van der Waals surface area (Å²) < 4.78 is 11.0. The molecule has 4 rings (SSSR count). The van der Waals surface area contributed by atoms with E-state index in [9.17, 15) is 9.59 Å². The van der Waals surface area contributed by atoms with Gasteiger partial charge in [0.05, 0.1) is 43.3 Å². The molecule has 1 aromatic heterocycles. The number of primary amides is 1. The van der Waals surface area contributed by atoms with Gasteiger partial charge in [-0.2, -0.15) is 0 Å². The number of aromatic nitrogens is 2. The Bertz CT molecular complexity index is 990. The number of hydrogen-bond acceptors (Lipinski definition) is 7. The van der Waals surface area contributed by atoms with Crippen molar-refractivity contribution in [3.05, 3.63) is 47.0 Å². The van der Waals surface area contributed by atoms with Crippen LogP contribution < -0.4 is 15.4 Å². The number of amides is 2. The zero-order chi connectivity index (χ0) is 22.0. The standard InChI is InChI=1S/C22H27N5O4/c1-14-16(20(23)28)13-24-21(25-14)17-4-3-7-27(17)22(29)15-5-6-19(30-2)18(12-15)26-8-10-31-11-9-26/h5-6,12-13,17H,3-4,7-11H2,1-2H3,(H2,23,28)/t17-/m0/s1. The van der Waals surface area contributed by atoms with Crippen LogP contribution in [0.5, 0.6) is 5.75 Å². The van der Waals surface area contributed by atoms with Crippen LogP contribution in [0.25, 0.3) is 0 Å². The molecule has 1 atom stereocenters. The van der Waals surface area contributed by atoms with E-state index < -0.39 is 5.91 Å². The van der Waals surface area contributed by atoms with Gasteiger partial charge in [-0.15, -0.1) is 0 Å². The number of ether oxygens (including phenoxy) is 2. The smallest absolute Gasteiger partial charge is 0.254 e. The summed E-state index contributed by atoms with van der Waals surface area (Å²) >= 11 is 0. The van der Waals surface area contributed by atoms with Crippen LogP contribution in [0.1, 0.15) is 51.1 Å². The van der Waals surface area contributed by atoms with Crippen molar-refractivity contribution in [2.45, 2.75) is 25.8 Å². The van der Waals surface area contributed by atoms with Gasteiger partial charge < -0.3 is 25.0 Å². The number of aryl methyl sites for hydroxylation is 1. The molecule has 0 bridgehead atoms. The topological polar surface area (TPSA) is 111 Å². The zero-order valence-corrected chi connectivity index (χ0v) is 17.8. The van der Waals surface area contributed by atoms with E-state index in [0.29, 0.717) is 42.4 Å². The summed E-state index contributed by atoms with van der Waals surface area (Å²) in [5, 5.41) is 0. The van der Waals surface area contributed by atoms with Crippen LogP contribution in [0.4, 0.5) is 5.69 Å². The molecule has 164 valence electrons. The summed E-state index contributed by atoms with van der Waals surface area (Å²) in [5.41, 5.74) is 7.67. The molecule has 3 heterocycles. The van der Waals surface area contributed by atoms with Crippen molar-refractivity contribution in [2.24, 2.45) is 5.73 Å².